The van der Waals surface area contributed by atoms with Crippen LogP contribution in [0, 0.1) is 6.92 Å². The normalized spacial score (nSPS) is 15.9. The molecule has 1 atom stereocenters. The van der Waals surface area contributed by atoms with E-state index in [-0.39, 0.29) is 0 Å². The lowest BCUT2D eigenvalue weighted by Crippen LogP contribution is -2.28. The Balaban J connectivity index is 1.81. The van der Waals surface area contributed by atoms with E-state index in [1.807, 2.05) is 32.9 Å². The third-order valence-corrected chi connectivity index (χ3v) is 6.99. The zero-order chi connectivity index (χ0) is 26.3. The molecule has 2 aromatic carbocycles. The Labute approximate surface area is 218 Å². The van der Waals surface area contributed by atoms with Gasteiger partial charge in [-0.3, -0.25) is 0 Å². The first-order valence-electron chi connectivity index (χ1n) is 12.9. The minimum absolute atomic E-state index is 0.374. The zero-order valence-electron chi connectivity index (χ0n) is 22.0. The first-order chi connectivity index (χ1) is 17.6. The zero-order valence-corrected chi connectivity index (χ0v) is 22.0. The van der Waals surface area contributed by atoms with Crippen LogP contribution in [-0.2, 0) is 28.9 Å². The lowest BCUT2D eigenvalue weighted by molar-refractivity contribution is -0.160. The number of hydrogen-bond donors (Lipinski definition) is 3. The van der Waals surface area contributed by atoms with Gasteiger partial charge in [0.2, 0.25) is 0 Å². The molecular formula is C30H35N3O4. The highest BCUT2D eigenvalue weighted by Crippen LogP contribution is 2.45. The van der Waals surface area contributed by atoms with Gasteiger partial charge in [0.05, 0.1) is 12.2 Å². The van der Waals surface area contributed by atoms with Crippen molar-refractivity contribution in [3.8, 4) is 28.0 Å². The highest BCUT2D eigenvalue weighted by atomic mass is 16.5. The van der Waals surface area contributed by atoms with Gasteiger partial charge >= 0.3 is 5.97 Å². The topological polar surface area (TPSA) is 107 Å². The second kappa shape index (κ2) is 9.80. The van der Waals surface area contributed by atoms with Crippen LogP contribution in [0.3, 0.4) is 0 Å². The van der Waals surface area contributed by atoms with E-state index in [1.165, 1.54) is 11.1 Å². The predicted molar refractivity (Wildman–Crippen MR) is 145 cm³/mol. The second-order valence-electron chi connectivity index (χ2n) is 10.9. The number of carboxylic acid groups (broad SMARTS) is 1. The molecule has 0 saturated carbocycles. The number of nitrogens with two attached hydrogens (primary N) is 1. The van der Waals surface area contributed by atoms with E-state index in [9.17, 15) is 9.90 Å². The van der Waals surface area contributed by atoms with Crippen LogP contribution in [0.25, 0.3) is 22.3 Å². The maximum absolute atomic E-state index is 12.7. The Morgan fingerprint density at radius 3 is 2.57 bits per heavy atom. The third kappa shape index (κ3) is 5.06. The average molecular weight is 502 g/mol. The maximum atomic E-state index is 12.7. The predicted octanol–water partition coefficient (Wildman–Crippen LogP) is 5.22. The molecule has 0 fully saturated rings. The molecule has 0 spiro atoms. The first-order valence-corrected chi connectivity index (χ1v) is 12.9. The molecule has 0 bridgehead atoms. The minimum Gasteiger partial charge on any atom is -0.493 e. The Hall–Kier alpha value is -3.42. The van der Waals surface area contributed by atoms with Crippen molar-refractivity contribution in [2.24, 2.45) is 0 Å². The molecular weight excluding hydrogens is 466 g/mol. The summed E-state index contributed by atoms with van der Waals surface area (Å²) in [6.07, 6.45) is 1.55. The van der Waals surface area contributed by atoms with E-state index in [4.69, 9.17) is 15.2 Å². The largest absolute Gasteiger partial charge is 0.493 e. The number of hydrogen-bond acceptors (Lipinski definition) is 6. The summed E-state index contributed by atoms with van der Waals surface area (Å²) in [5.74, 6) is 0.187. The van der Waals surface area contributed by atoms with Crippen molar-refractivity contribution < 1.29 is 19.4 Å². The van der Waals surface area contributed by atoms with Crippen LogP contribution in [-0.4, -0.2) is 34.8 Å². The molecule has 3 heterocycles. The van der Waals surface area contributed by atoms with E-state index in [0.717, 1.165) is 65.9 Å². The Bertz CT molecular complexity index is 1360. The highest BCUT2D eigenvalue weighted by Gasteiger charge is 2.34. The van der Waals surface area contributed by atoms with E-state index < -0.39 is 17.7 Å². The summed E-state index contributed by atoms with van der Waals surface area (Å²) in [7, 11) is 0. The summed E-state index contributed by atoms with van der Waals surface area (Å²) in [5, 5.41) is 13.8. The Kier molecular flexibility index (Phi) is 6.68. The number of carboxylic acids is 1. The van der Waals surface area contributed by atoms with Crippen molar-refractivity contribution in [3.63, 3.8) is 0 Å². The third-order valence-electron chi connectivity index (χ3n) is 6.99. The number of ether oxygens (including phenoxy) is 2. The van der Waals surface area contributed by atoms with Crippen LogP contribution < -0.4 is 15.8 Å². The molecule has 2 aliphatic rings. The number of aryl methyl sites for hydroxylation is 2. The van der Waals surface area contributed by atoms with Crippen molar-refractivity contribution in [2.45, 2.75) is 65.2 Å². The van der Waals surface area contributed by atoms with E-state index in [2.05, 4.69) is 34.6 Å². The van der Waals surface area contributed by atoms with Gasteiger partial charge in [-0.2, -0.15) is 0 Å². The Morgan fingerprint density at radius 1 is 1.08 bits per heavy atom. The molecule has 2 aliphatic heterocycles. The molecule has 1 unspecified atom stereocenters. The molecule has 0 amide bonds. The molecule has 0 saturated heterocycles. The van der Waals surface area contributed by atoms with Crippen LogP contribution in [0.4, 0.5) is 5.82 Å². The molecule has 37 heavy (non-hydrogen) atoms. The van der Waals surface area contributed by atoms with Crippen LogP contribution in [0.2, 0.25) is 0 Å². The summed E-state index contributed by atoms with van der Waals surface area (Å²) in [6.45, 7) is 9.84. The SMILES string of the molecule is Cc1nc(N)c(-c2ccc3c(c2)CCNC3)c(-c2ccc3c(c2)CCCO3)c1C(OC(C)(C)C)C(=O)O. The monoisotopic (exact) mass is 501 g/mol. The van der Waals surface area contributed by atoms with Gasteiger partial charge in [0, 0.05) is 28.9 Å². The van der Waals surface area contributed by atoms with Gasteiger partial charge in [-0.25, -0.2) is 9.78 Å². The van der Waals surface area contributed by atoms with Gasteiger partial charge in [-0.1, -0.05) is 24.3 Å². The fourth-order valence-corrected chi connectivity index (χ4v) is 5.39. The summed E-state index contributed by atoms with van der Waals surface area (Å²) in [4.78, 5) is 17.3. The van der Waals surface area contributed by atoms with Crippen LogP contribution in [0.1, 0.15) is 61.2 Å². The molecule has 5 rings (SSSR count). The quantitative estimate of drug-likeness (QED) is 0.440. The number of aliphatic carboxylic acids is 1. The smallest absolute Gasteiger partial charge is 0.337 e. The minimum atomic E-state index is -1.21. The van der Waals surface area contributed by atoms with Crippen molar-refractivity contribution in [2.75, 3.05) is 18.9 Å². The number of nitrogen functional groups attached to an aromatic ring is 1. The molecule has 0 aliphatic carbocycles. The fraction of sp³-hybridized carbons (Fsp3) is 0.400. The number of rotatable bonds is 5. The average Bonchev–Trinajstić information content (AvgIpc) is 2.86. The summed E-state index contributed by atoms with van der Waals surface area (Å²) in [5.41, 5.74) is 14.0. The summed E-state index contributed by atoms with van der Waals surface area (Å²) in [6, 6.07) is 12.4. The standard InChI is InChI=1S/C30H35N3O4/c1-17-24(27(29(34)35)37-30(2,3)4)25(20-9-10-23-19(15-20)6-5-13-36-23)26(28(31)33-17)21-7-8-22-16-32-12-11-18(22)14-21/h7-10,14-15,27,32H,5-6,11-13,16H2,1-4H3,(H2,31,33)(H,34,35). The maximum Gasteiger partial charge on any atom is 0.337 e. The molecule has 194 valence electrons. The summed E-state index contributed by atoms with van der Waals surface area (Å²) < 4.78 is 12.0. The second-order valence-corrected chi connectivity index (χ2v) is 10.9. The molecule has 1 aromatic heterocycles. The number of anilines is 1. The van der Waals surface area contributed by atoms with Crippen molar-refractivity contribution in [3.05, 3.63) is 64.3 Å². The van der Waals surface area contributed by atoms with Gasteiger partial charge in [0.25, 0.3) is 0 Å². The molecule has 0 radical (unpaired) electrons. The lowest BCUT2D eigenvalue weighted by atomic mass is 9.85. The molecule has 4 N–H and O–H groups in total. The number of nitrogens with zero attached hydrogens (tertiary/aromatic N) is 1. The molecule has 3 aromatic rings. The van der Waals surface area contributed by atoms with Gasteiger partial charge in [-0.05, 0) is 93.5 Å². The number of pyridine rings is 1. The van der Waals surface area contributed by atoms with Crippen molar-refractivity contribution >= 4 is 11.8 Å². The summed E-state index contributed by atoms with van der Waals surface area (Å²) >= 11 is 0. The van der Waals surface area contributed by atoms with Gasteiger partial charge in [0.1, 0.15) is 11.6 Å². The number of carbonyl (C=O) groups is 1. The van der Waals surface area contributed by atoms with Crippen LogP contribution in [0.15, 0.2) is 36.4 Å². The fourth-order valence-electron chi connectivity index (χ4n) is 5.39. The highest BCUT2D eigenvalue weighted by molar-refractivity contribution is 5.95. The Morgan fingerprint density at radius 2 is 1.81 bits per heavy atom. The van der Waals surface area contributed by atoms with Gasteiger partial charge in [0.15, 0.2) is 6.10 Å². The van der Waals surface area contributed by atoms with Crippen LogP contribution in [0.5, 0.6) is 5.75 Å². The molecule has 7 heteroatoms. The van der Waals surface area contributed by atoms with Crippen molar-refractivity contribution in [1.29, 1.82) is 0 Å². The first kappa shape index (κ1) is 25.2. The number of aromatic nitrogens is 1. The van der Waals surface area contributed by atoms with E-state index >= 15 is 0 Å². The number of nitrogens with one attached hydrogen (secondary N) is 1. The van der Waals surface area contributed by atoms with Crippen molar-refractivity contribution in [1.82, 2.24) is 10.3 Å². The van der Waals surface area contributed by atoms with E-state index in [1.54, 1.807) is 6.92 Å². The lowest BCUT2D eigenvalue weighted by Gasteiger charge is -2.29. The number of fused-ring (bicyclic) bond motifs is 2. The van der Waals surface area contributed by atoms with Crippen LogP contribution >= 0.6 is 0 Å². The molecule has 7 nitrogen and oxygen atoms in total. The van der Waals surface area contributed by atoms with Gasteiger partial charge in [-0.15, -0.1) is 0 Å². The van der Waals surface area contributed by atoms with E-state index in [0.29, 0.717) is 23.7 Å². The van der Waals surface area contributed by atoms with Gasteiger partial charge < -0.3 is 25.6 Å². The number of benzene rings is 2.